The molecule has 2 atom stereocenters. The van der Waals surface area contributed by atoms with Gasteiger partial charge in [0, 0.05) is 31.2 Å². The van der Waals surface area contributed by atoms with Gasteiger partial charge in [-0.3, -0.25) is 4.90 Å². The highest BCUT2D eigenvalue weighted by molar-refractivity contribution is 5.84. The maximum Gasteiger partial charge on any atom is 0.371 e. The van der Waals surface area contributed by atoms with Gasteiger partial charge < -0.3 is 14.3 Å². The fraction of sp³-hybridized carbons (Fsp3) is 0.667. The van der Waals surface area contributed by atoms with Crippen LogP contribution in [0, 0.1) is 0 Å². The monoisotopic (exact) mass is 279 g/mol. The molecule has 2 saturated heterocycles. The topological polar surface area (TPSA) is 62.9 Å². The van der Waals surface area contributed by atoms with E-state index in [1.165, 1.54) is 0 Å². The van der Waals surface area contributed by atoms with Crippen molar-refractivity contribution < 1.29 is 19.1 Å². The zero-order chi connectivity index (χ0) is 14.1. The molecule has 3 rings (SSSR count). The van der Waals surface area contributed by atoms with Crippen molar-refractivity contribution in [3.63, 3.8) is 0 Å². The Bertz CT molecular complexity index is 496. The summed E-state index contributed by atoms with van der Waals surface area (Å²) in [4.78, 5) is 13.5. The van der Waals surface area contributed by atoms with Crippen molar-refractivity contribution in [3.8, 4) is 0 Å². The first-order valence-corrected chi connectivity index (χ1v) is 7.39. The normalized spacial score (nSPS) is 26.6. The number of carboxylic acid groups (broad SMARTS) is 1. The second-order valence-electron chi connectivity index (χ2n) is 5.60. The molecule has 1 aromatic rings. The molecule has 0 aromatic carbocycles. The maximum absolute atomic E-state index is 11.0. The lowest BCUT2D eigenvalue weighted by molar-refractivity contribution is 0.0230. The molecular formula is C15H21NO4. The van der Waals surface area contributed by atoms with E-state index in [2.05, 4.69) is 4.90 Å². The molecule has 0 unspecified atom stereocenters. The molecule has 110 valence electrons. The van der Waals surface area contributed by atoms with Gasteiger partial charge in [-0.05, 0) is 31.9 Å². The first-order chi connectivity index (χ1) is 9.69. The number of hydrogen-bond donors (Lipinski definition) is 1. The van der Waals surface area contributed by atoms with Crippen LogP contribution < -0.4 is 0 Å². The van der Waals surface area contributed by atoms with Gasteiger partial charge in [0.15, 0.2) is 0 Å². The number of furan rings is 1. The van der Waals surface area contributed by atoms with Crippen LogP contribution in [0.4, 0.5) is 0 Å². The molecule has 1 N–H and O–H groups in total. The predicted molar refractivity (Wildman–Crippen MR) is 72.8 cm³/mol. The summed E-state index contributed by atoms with van der Waals surface area (Å²) < 4.78 is 11.2. The first-order valence-electron chi connectivity index (χ1n) is 7.39. The van der Waals surface area contributed by atoms with Gasteiger partial charge in [-0.2, -0.15) is 0 Å². The van der Waals surface area contributed by atoms with Crippen LogP contribution in [0.1, 0.15) is 48.1 Å². The molecule has 0 spiro atoms. The van der Waals surface area contributed by atoms with Crippen LogP contribution in [0.15, 0.2) is 10.5 Å². The van der Waals surface area contributed by atoms with Crippen LogP contribution in [-0.4, -0.2) is 41.3 Å². The number of ether oxygens (including phenoxy) is 1. The minimum absolute atomic E-state index is 0.0491. The Balaban J connectivity index is 1.78. The summed E-state index contributed by atoms with van der Waals surface area (Å²) in [6.45, 7) is 4.66. The number of nitrogens with zero attached hydrogens (tertiary/aromatic N) is 1. The van der Waals surface area contributed by atoms with Gasteiger partial charge in [0.25, 0.3) is 0 Å². The Morgan fingerprint density at radius 2 is 2.35 bits per heavy atom. The molecule has 0 amide bonds. The van der Waals surface area contributed by atoms with Gasteiger partial charge in [-0.1, -0.05) is 6.92 Å². The number of hydrogen-bond acceptors (Lipinski definition) is 4. The van der Waals surface area contributed by atoms with Gasteiger partial charge in [0.1, 0.15) is 5.76 Å². The van der Waals surface area contributed by atoms with Gasteiger partial charge in [0.2, 0.25) is 5.76 Å². The number of aryl methyl sites for hydroxylation is 1. The fourth-order valence-electron chi connectivity index (χ4n) is 3.41. The van der Waals surface area contributed by atoms with E-state index in [4.69, 9.17) is 14.3 Å². The Morgan fingerprint density at radius 3 is 3.10 bits per heavy atom. The summed E-state index contributed by atoms with van der Waals surface area (Å²) in [5.74, 6) is -0.150. The van der Waals surface area contributed by atoms with Crippen molar-refractivity contribution in [2.75, 3.05) is 13.2 Å². The van der Waals surface area contributed by atoms with Crippen LogP contribution >= 0.6 is 0 Å². The molecule has 0 aliphatic carbocycles. The number of aromatic carboxylic acids is 1. The lowest BCUT2D eigenvalue weighted by Crippen LogP contribution is -2.45. The molecule has 5 heteroatoms. The molecule has 2 fully saturated rings. The van der Waals surface area contributed by atoms with E-state index in [1.807, 2.05) is 6.92 Å². The van der Waals surface area contributed by atoms with Gasteiger partial charge in [0.05, 0.1) is 6.10 Å². The lowest BCUT2D eigenvalue weighted by atomic mass is 9.97. The summed E-state index contributed by atoms with van der Waals surface area (Å²) in [7, 11) is 0. The largest absolute Gasteiger partial charge is 0.475 e. The van der Waals surface area contributed by atoms with Crippen molar-refractivity contribution in [2.24, 2.45) is 0 Å². The summed E-state index contributed by atoms with van der Waals surface area (Å²) in [6, 6.07) is 2.16. The Labute approximate surface area is 118 Å². The van der Waals surface area contributed by atoms with Crippen molar-refractivity contribution in [1.82, 2.24) is 4.90 Å². The SMILES string of the molecule is CCc1oc(C(=O)O)cc1CN1CCC[C@@H]2OCC[C@@H]21. The average molecular weight is 279 g/mol. The van der Waals surface area contributed by atoms with Crippen LogP contribution in [0.5, 0.6) is 0 Å². The van der Waals surface area contributed by atoms with E-state index in [0.29, 0.717) is 12.1 Å². The lowest BCUT2D eigenvalue weighted by Gasteiger charge is -2.36. The van der Waals surface area contributed by atoms with Gasteiger partial charge >= 0.3 is 5.97 Å². The van der Waals surface area contributed by atoms with E-state index >= 15 is 0 Å². The second-order valence-corrected chi connectivity index (χ2v) is 5.60. The molecule has 1 aromatic heterocycles. The summed E-state index contributed by atoms with van der Waals surface area (Å²) in [5.41, 5.74) is 1.01. The number of carboxylic acids is 1. The number of piperidine rings is 1. The second kappa shape index (κ2) is 5.58. The van der Waals surface area contributed by atoms with Crippen molar-refractivity contribution >= 4 is 5.97 Å². The number of fused-ring (bicyclic) bond motifs is 1. The zero-order valence-electron chi connectivity index (χ0n) is 11.8. The number of likely N-dealkylation sites (tertiary alicyclic amines) is 1. The molecule has 0 saturated carbocycles. The van der Waals surface area contributed by atoms with Crippen molar-refractivity contribution in [3.05, 3.63) is 23.2 Å². The smallest absolute Gasteiger partial charge is 0.371 e. The summed E-state index contributed by atoms with van der Waals surface area (Å²) >= 11 is 0. The first kappa shape index (κ1) is 13.6. The van der Waals surface area contributed by atoms with Crippen LogP contribution in [0.3, 0.4) is 0 Å². The molecule has 0 radical (unpaired) electrons. The third kappa shape index (κ3) is 2.47. The molecule has 2 aliphatic heterocycles. The Morgan fingerprint density at radius 1 is 1.50 bits per heavy atom. The number of carbonyl (C=O) groups is 1. The average Bonchev–Trinajstić information content (AvgIpc) is 3.05. The predicted octanol–water partition coefficient (Wildman–Crippen LogP) is 2.29. The van der Waals surface area contributed by atoms with E-state index in [-0.39, 0.29) is 5.76 Å². The quantitative estimate of drug-likeness (QED) is 0.916. The van der Waals surface area contributed by atoms with Crippen LogP contribution in [0.25, 0.3) is 0 Å². The highest BCUT2D eigenvalue weighted by Crippen LogP contribution is 2.30. The van der Waals surface area contributed by atoms with E-state index in [9.17, 15) is 4.79 Å². The Hall–Kier alpha value is -1.33. The molecule has 5 nitrogen and oxygen atoms in total. The minimum atomic E-state index is -0.994. The number of rotatable bonds is 4. The maximum atomic E-state index is 11.0. The fourth-order valence-corrected chi connectivity index (χ4v) is 3.41. The van der Waals surface area contributed by atoms with Gasteiger partial charge in [-0.15, -0.1) is 0 Å². The summed E-state index contributed by atoms with van der Waals surface area (Å²) in [5, 5.41) is 9.05. The molecule has 3 heterocycles. The van der Waals surface area contributed by atoms with Crippen LogP contribution in [0.2, 0.25) is 0 Å². The van der Waals surface area contributed by atoms with Crippen molar-refractivity contribution in [2.45, 2.75) is 51.3 Å². The highest BCUT2D eigenvalue weighted by Gasteiger charge is 2.36. The standard InChI is InChI=1S/C15H21NO4/c1-2-12-10(8-14(20-12)15(17)18)9-16-6-3-4-13-11(16)5-7-19-13/h8,11,13H,2-7,9H2,1H3,(H,17,18)/t11-,13-/m0/s1. The van der Waals surface area contributed by atoms with Crippen LogP contribution in [-0.2, 0) is 17.7 Å². The van der Waals surface area contributed by atoms with E-state index in [1.54, 1.807) is 6.07 Å². The van der Waals surface area contributed by atoms with Gasteiger partial charge in [-0.25, -0.2) is 4.79 Å². The summed E-state index contributed by atoms with van der Waals surface area (Å²) in [6.07, 6.45) is 4.45. The van der Waals surface area contributed by atoms with E-state index in [0.717, 1.165) is 56.7 Å². The Kier molecular flexibility index (Phi) is 3.81. The van der Waals surface area contributed by atoms with E-state index < -0.39 is 5.97 Å². The molecular weight excluding hydrogens is 258 g/mol. The zero-order valence-corrected chi connectivity index (χ0v) is 11.8. The molecule has 2 aliphatic rings. The van der Waals surface area contributed by atoms with Crippen molar-refractivity contribution in [1.29, 1.82) is 0 Å². The highest BCUT2D eigenvalue weighted by atomic mass is 16.5. The third-order valence-corrected chi connectivity index (χ3v) is 4.38. The molecule has 0 bridgehead atoms. The third-order valence-electron chi connectivity index (χ3n) is 4.38. The molecule has 20 heavy (non-hydrogen) atoms. The minimum Gasteiger partial charge on any atom is -0.475 e.